The molecule has 0 bridgehead atoms. The Kier molecular flexibility index (Phi) is 7.33. The third-order valence-electron chi connectivity index (χ3n) is 9.48. The van der Waals surface area contributed by atoms with E-state index in [2.05, 4.69) is 140 Å². The SMILES string of the molecule is c1ccc(-c2ccc(-c3nc(-c4ccccc4)nc(-c4cccc(C5(c6ccccc6)c6ccccc6Oc6ccccc65)c4)n3)cc2)cc1. The van der Waals surface area contributed by atoms with Crippen LogP contribution in [0.2, 0.25) is 0 Å². The van der Waals surface area contributed by atoms with E-state index in [4.69, 9.17) is 19.7 Å². The summed E-state index contributed by atoms with van der Waals surface area (Å²) < 4.78 is 6.52. The number of benzene rings is 7. The summed E-state index contributed by atoms with van der Waals surface area (Å²) in [7, 11) is 0. The van der Waals surface area contributed by atoms with Crippen LogP contribution in [0, 0.1) is 0 Å². The lowest BCUT2D eigenvalue weighted by molar-refractivity contribution is 0.434. The van der Waals surface area contributed by atoms with Gasteiger partial charge in [-0.2, -0.15) is 0 Å². The maximum absolute atomic E-state index is 6.52. The first kappa shape index (κ1) is 29.5. The van der Waals surface area contributed by atoms with Crippen LogP contribution in [0.25, 0.3) is 45.3 Å². The Morgan fingerprint density at radius 1 is 0.320 bits per heavy atom. The van der Waals surface area contributed by atoms with Crippen molar-refractivity contribution >= 4 is 0 Å². The monoisotopic (exact) mass is 641 g/mol. The Bertz CT molecular complexity index is 2400. The minimum absolute atomic E-state index is 0.611. The van der Waals surface area contributed by atoms with Gasteiger partial charge in [0.05, 0.1) is 5.41 Å². The fourth-order valence-electron chi connectivity index (χ4n) is 7.16. The number of aromatic nitrogens is 3. The van der Waals surface area contributed by atoms with E-state index < -0.39 is 5.41 Å². The molecule has 0 unspecified atom stereocenters. The van der Waals surface area contributed by atoms with Gasteiger partial charge in [0.2, 0.25) is 0 Å². The summed E-state index contributed by atoms with van der Waals surface area (Å²) in [5, 5.41) is 0. The van der Waals surface area contributed by atoms with Gasteiger partial charge in [0.25, 0.3) is 0 Å². The number of hydrogen-bond donors (Lipinski definition) is 0. The van der Waals surface area contributed by atoms with E-state index in [0.717, 1.165) is 56.0 Å². The van der Waals surface area contributed by atoms with Crippen molar-refractivity contribution in [2.45, 2.75) is 5.41 Å². The van der Waals surface area contributed by atoms with Crippen LogP contribution in [0.15, 0.2) is 188 Å². The van der Waals surface area contributed by atoms with E-state index in [1.807, 2.05) is 48.5 Å². The molecule has 236 valence electrons. The van der Waals surface area contributed by atoms with Crippen LogP contribution in [0.5, 0.6) is 11.5 Å². The van der Waals surface area contributed by atoms with Crippen LogP contribution in [-0.2, 0) is 5.41 Å². The first-order valence-corrected chi connectivity index (χ1v) is 16.8. The first-order chi connectivity index (χ1) is 24.8. The second-order valence-electron chi connectivity index (χ2n) is 12.4. The summed E-state index contributed by atoms with van der Waals surface area (Å²) in [5.74, 6) is 3.54. The maximum Gasteiger partial charge on any atom is 0.164 e. The summed E-state index contributed by atoms with van der Waals surface area (Å²) >= 11 is 0. The van der Waals surface area contributed by atoms with Gasteiger partial charge in [0.15, 0.2) is 17.5 Å². The largest absolute Gasteiger partial charge is 0.457 e. The molecule has 2 heterocycles. The third-order valence-corrected chi connectivity index (χ3v) is 9.48. The summed E-state index contributed by atoms with van der Waals surface area (Å²) in [6, 6.07) is 65.0. The summed E-state index contributed by atoms with van der Waals surface area (Å²) in [4.78, 5) is 15.2. The molecule has 50 heavy (non-hydrogen) atoms. The van der Waals surface area contributed by atoms with E-state index in [9.17, 15) is 0 Å². The molecule has 9 rings (SSSR count). The Morgan fingerprint density at radius 3 is 1.32 bits per heavy atom. The van der Waals surface area contributed by atoms with Gasteiger partial charge in [-0.1, -0.05) is 170 Å². The van der Waals surface area contributed by atoms with Crippen LogP contribution in [0.3, 0.4) is 0 Å². The highest BCUT2D eigenvalue weighted by molar-refractivity contribution is 5.73. The predicted molar refractivity (Wildman–Crippen MR) is 200 cm³/mol. The zero-order chi connectivity index (χ0) is 33.3. The topological polar surface area (TPSA) is 47.9 Å². The lowest BCUT2D eigenvalue weighted by Crippen LogP contribution is -2.34. The van der Waals surface area contributed by atoms with Crippen molar-refractivity contribution in [2.75, 3.05) is 0 Å². The van der Waals surface area contributed by atoms with Crippen molar-refractivity contribution in [1.29, 1.82) is 0 Å². The van der Waals surface area contributed by atoms with Crippen LogP contribution in [0.1, 0.15) is 22.3 Å². The van der Waals surface area contributed by atoms with E-state index in [0.29, 0.717) is 17.5 Å². The predicted octanol–water partition coefficient (Wildman–Crippen LogP) is 11.0. The summed E-state index contributed by atoms with van der Waals surface area (Å²) in [5.41, 5.74) is 8.85. The Hall–Kier alpha value is -6.65. The van der Waals surface area contributed by atoms with Gasteiger partial charge in [-0.25, -0.2) is 15.0 Å². The van der Waals surface area contributed by atoms with Crippen molar-refractivity contribution in [3.8, 4) is 56.8 Å². The fraction of sp³-hybridized carbons (Fsp3) is 0.0217. The molecule has 7 aromatic carbocycles. The molecule has 0 N–H and O–H groups in total. The molecule has 0 atom stereocenters. The molecule has 8 aromatic rings. The molecule has 0 spiro atoms. The number of nitrogens with zero attached hydrogens (tertiary/aromatic N) is 3. The normalized spacial score (nSPS) is 12.7. The molecule has 1 aromatic heterocycles. The number of ether oxygens (including phenoxy) is 1. The molecule has 0 amide bonds. The molecular weight excluding hydrogens is 611 g/mol. The average Bonchev–Trinajstić information content (AvgIpc) is 3.21. The molecule has 0 saturated heterocycles. The molecule has 4 heteroatoms. The molecule has 1 aliphatic rings. The van der Waals surface area contributed by atoms with E-state index in [-0.39, 0.29) is 0 Å². The highest BCUT2D eigenvalue weighted by Gasteiger charge is 2.45. The number of hydrogen-bond acceptors (Lipinski definition) is 4. The van der Waals surface area contributed by atoms with E-state index in [1.165, 1.54) is 5.56 Å². The Balaban J connectivity index is 1.24. The molecule has 0 aliphatic carbocycles. The summed E-state index contributed by atoms with van der Waals surface area (Å²) in [6.07, 6.45) is 0. The Labute approximate surface area is 291 Å². The highest BCUT2D eigenvalue weighted by Crippen LogP contribution is 2.55. The van der Waals surface area contributed by atoms with Crippen LogP contribution in [0.4, 0.5) is 0 Å². The van der Waals surface area contributed by atoms with Crippen molar-refractivity contribution in [3.63, 3.8) is 0 Å². The van der Waals surface area contributed by atoms with Crippen molar-refractivity contribution in [1.82, 2.24) is 15.0 Å². The second-order valence-corrected chi connectivity index (χ2v) is 12.4. The van der Waals surface area contributed by atoms with Crippen molar-refractivity contribution in [3.05, 3.63) is 210 Å². The van der Waals surface area contributed by atoms with E-state index >= 15 is 0 Å². The molecule has 4 nitrogen and oxygen atoms in total. The Morgan fingerprint density at radius 2 is 0.720 bits per heavy atom. The quantitative estimate of drug-likeness (QED) is 0.181. The van der Waals surface area contributed by atoms with Gasteiger partial charge >= 0.3 is 0 Å². The van der Waals surface area contributed by atoms with Crippen molar-refractivity contribution in [2.24, 2.45) is 0 Å². The second kappa shape index (κ2) is 12.4. The standard InChI is InChI=1S/C46H31N3O/c1-4-15-32(16-5-1)33-27-29-35(30-28-33)44-47-43(34-17-6-2-7-18-34)48-45(49-44)36-19-14-22-38(31-36)46(37-20-8-3-9-21-37)39-23-10-12-25-41(39)50-42-26-13-11-24-40(42)46/h1-31H. The lowest BCUT2D eigenvalue weighted by Gasteiger charge is -2.41. The first-order valence-electron chi connectivity index (χ1n) is 16.8. The molecule has 0 fully saturated rings. The smallest absolute Gasteiger partial charge is 0.164 e. The lowest BCUT2D eigenvalue weighted by atomic mass is 9.63. The minimum atomic E-state index is -0.645. The fourth-order valence-corrected chi connectivity index (χ4v) is 7.16. The molecular formula is C46H31N3O. The molecule has 1 aliphatic heterocycles. The number of fused-ring (bicyclic) bond motifs is 2. The average molecular weight is 642 g/mol. The minimum Gasteiger partial charge on any atom is -0.457 e. The van der Waals surface area contributed by atoms with Crippen molar-refractivity contribution < 1.29 is 4.74 Å². The maximum atomic E-state index is 6.52. The van der Waals surface area contributed by atoms with Gasteiger partial charge in [-0.15, -0.1) is 0 Å². The van der Waals surface area contributed by atoms with Gasteiger partial charge in [-0.05, 0) is 40.5 Å². The van der Waals surface area contributed by atoms with Crippen LogP contribution < -0.4 is 4.74 Å². The zero-order valence-electron chi connectivity index (χ0n) is 27.1. The number of rotatable bonds is 6. The summed E-state index contributed by atoms with van der Waals surface area (Å²) in [6.45, 7) is 0. The highest BCUT2D eigenvalue weighted by atomic mass is 16.5. The van der Waals surface area contributed by atoms with Gasteiger partial charge in [0.1, 0.15) is 11.5 Å². The van der Waals surface area contributed by atoms with Gasteiger partial charge < -0.3 is 4.74 Å². The molecule has 0 saturated carbocycles. The van der Waals surface area contributed by atoms with Gasteiger partial charge in [0, 0.05) is 27.8 Å². The van der Waals surface area contributed by atoms with Gasteiger partial charge in [-0.3, -0.25) is 0 Å². The zero-order valence-corrected chi connectivity index (χ0v) is 27.1. The molecule has 0 radical (unpaired) electrons. The third kappa shape index (κ3) is 5.06. The van der Waals surface area contributed by atoms with Crippen LogP contribution in [-0.4, -0.2) is 15.0 Å². The van der Waals surface area contributed by atoms with Crippen LogP contribution >= 0.6 is 0 Å². The number of para-hydroxylation sites is 2. The van der Waals surface area contributed by atoms with E-state index in [1.54, 1.807) is 0 Å².